The summed E-state index contributed by atoms with van der Waals surface area (Å²) in [6.45, 7) is 11.3. The van der Waals surface area contributed by atoms with Gasteiger partial charge in [-0.05, 0) is 98.0 Å². The number of hydrogen-bond donors (Lipinski definition) is 1. The molecule has 3 nitrogen and oxygen atoms in total. The van der Waals surface area contributed by atoms with Crippen LogP contribution < -0.4 is 4.74 Å². The fourth-order valence-electron chi connectivity index (χ4n) is 6.77. The van der Waals surface area contributed by atoms with Crippen LogP contribution in [-0.2, 0) is 4.74 Å². The topological polar surface area (TPSA) is 38.7 Å². The predicted molar refractivity (Wildman–Crippen MR) is 130 cm³/mol. The Labute approximate surface area is 192 Å². The van der Waals surface area contributed by atoms with Crippen molar-refractivity contribution in [2.75, 3.05) is 13.4 Å². The van der Waals surface area contributed by atoms with E-state index in [9.17, 15) is 5.11 Å². The molecule has 1 aromatic rings. The molecule has 0 aromatic heterocycles. The number of rotatable bonds is 4. The lowest BCUT2D eigenvalue weighted by molar-refractivity contribution is -0.197. The molecular formula is C25H38O3S2. The second-order valence-corrected chi connectivity index (χ2v) is 12.0. The minimum absolute atomic E-state index is 0.0286. The van der Waals surface area contributed by atoms with Crippen molar-refractivity contribution in [3.63, 3.8) is 0 Å². The number of thioether (sulfide) groups is 1. The Bertz CT molecular complexity index is 789. The molecule has 30 heavy (non-hydrogen) atoms. The summed E-state index contributed by atoms with van der Waals surface area (Å²) >= 11 is 6.98. The Morgan fingerprint density at radius 2 is 1.87 bits per heavy atom. The maximum atomic E-state index is 11.8. The van der Waals surface area contributed by atoms with Crippen LogP contribution in [0.25, 0.3) is 0 Å². The maximum Gasteiger partial charge on any atom is 0.220 e. The summed E-state index contributed by atoms with van der Waals surface area (Å²) in [6.07, 6.45) is 7.02. The van der Waals surface area contributed by atoms with Crippen molar-refractivity contribution in [3.8, 4) is 5.75 Å². The molecular weight excluding hydrogens is 412 g/mol. The molecule has 5 heteroatoms. The highest BCUT2D eigenvalue weighted by Gasteiger charge is 2.61. The summed E-state index contributed by atoms with van der Waals surface area (Å²) < 4.78 is 12.6. The number of aryl methyl sites for hydroxylation is 1. The molecule has 2 saturated carbocycles. The molecule has 0 radical (unpaired) electrons. The van der Waals surface area contributed by atoms with Gasteiger partial charge in [-0.25, -0.2) is 0 Å². The molecule has 0 saturated heterocycles. The van der Waals surface area contributed by atoms with Crippen LogP contribution in [0.1, 0.15) is 77.0 Å². The molecule has 168 valence electrons. The summed E-state index contributed by atoms with van der Waals surface area (Å²) in [5.41, 5.74) is 1.57. The maximum absolute atomic E-state index is 11.8. The highest BCUT2D eigenvalue weighted by atomic mass is 32.2. The highest BCUT2D eigenvalue weighted by Crippen LogP contribution is 2.65. The molecule has 0 aliphatic heterocycles. The second kappa shape index (κ2) is 8.63. The lowest BCUT2D eigenvalue weighted by atomic mass is 9.44. The number of aliphatic hydroxyl groups is 1. The Balaban J connectivity index is 2.16. The quantitative estimate of drug-likeness (QED) is 0.517. The molecule has 0 heterocycles. The van der Waals surface area contributed by atoms with E-state index in [2.05, 4.69) is 39.8 Å². The fraction of sp³-hybridized carbons (Fsp3) is 0.720. The van der Waals surface area contributed by atoms with E-state index in [4.69, 9.17) is 21.7 Å². The Hall–Kier alpha value is -0.780. The average molecular weight is 451 g/mol. The molecule has 2 aliphatic carbocycles. The van der Waals surface area contributed by atoms with Crippen LogP contribution >= 0.6 is 24.0 Å². The largest absolute Gasteiger partial charge is 0.497 e. The van der Waals surface area contributed by atoms with E-state index >= 15 is 0 Å². The van der Waals surface area contributed by atoms with Gasteiger partial charge in [-0.3, -0.25) is 0 Å². The van der Waals surface area contributed by atoms with Crippen LogP contribution in [-0.4, -0.2) is 28.5 Å². The molecule has 1 unspecified atom stereocenters. The molecule has 5 atom stereocenters. The van der Waals surface area contributed by atoms with Gasteiger partial charge < -0.3 is 14.6 Å². The normalized spacial score (nSPS) is 34.0. The lowest BCUT2D eigenvalue weighted by Gasteiger charge is -2.62. The van der Waals surface area contributed by atoms with E-state index in [-0.39, 0.29) is 22.9 Å². The molecule has 2 aliphatic rings. The third-order valence-corrected chi connectivity index (χ3v) is 8.95. The zero-order valence-corrected chi connectivity index (χ0v) is 21.2. The van der Waals surface area contributed by atoms with Gasteiger partial charge >= 0.3 is 0 Å². The first-order valence-corrected chi connectivity index (χ1v) is 12.7. The van der Waals surface area contributed by atoms with Gasteiger partial charge in [-0.1, -0.05) is 45.0 Å². The van der Waals surface area contributed by atoms with Gasteiger partial charge in [-0.2, -0.15) is 0 Å². The number of ether oxygens (including phenoxy) is 2. The lowest BCUT2D eigenvalue weighted by Crippen LogP contribution is -2.59. The van der Waals surface area contributed by atoms with E-state index in [1.54, 1.807) is 7.11 Å². The van der Waals surface area contributed by atoms with E-state index in [0.717, 1.165) is 36.1 Å². The first-order valence-electron chi connectivity index (χ1n) is 11.1. The summed E-state index contributed by atoms with van der Waals surface area (Å²) in [5.74, 6) is 1.30. The van der Waals surface area contributed by atoms with Gasteiger partial charge in [0, 0.05) is 5.92 Å². The Kier molecular flexibility index (Phi) is 6.87. The molecule has 1 aromatic carbocycles. The number of hydrogen-bond acceptors (Lipinski definition) is 5. The number of benzene rings is 1. The van der Waals surface area contributed by atoms with Gasteiger partial charge in [-0.15, -0.1) is 0 Å². The van der Waals surface area contributed by atoms with Crippen molar-refractivity contribution in [1.29, 1.82) is 0 Å². The van der Waals surface area contributed by atoms with Crippen LogP contribution in [0.2, 0.25) is 0 Å². The monoisotopic (exact) mass is 450 g/mol. The standard InChI is InChI=1S/C25H38O3S2/c1-16-13-17(15-18(14-16)27-6)20(28-22(29)30-7)21-24(4)11-8-10-23(2,3)19(24)9-12-25(21,5)26/h13-15,19-21,26H,8-12H2,1-7H3/t19-,20?,21+,24-,25+/m0/s1. The van der Waals surface area contributed by atoms with Crippen LogP contribution in [0.4, 0.5) is 0 Å². The van der Waals surface area contributed by atoms with Crippen molar-refractivity contribution < 1.29 is 14.6 Å². The number of fused-ring (bicyclic) bond motifs is 1. The smallest absolute Gasteiger partial charge is 0.220 e. The number of thiocarbonyl (C=S) groups is 1. The van der Waals surface area contributed by atoms with Crippen molar-refractivity contribution in [2.24, 2.45) is 22.7 Å². The van der Waals surface area contributed by atoms with E-state index in [1.807, 2.05) is 19.2 Å². The Morgan fingerprint density at radius 3 is 2.50 bits per heavy atom. The zero-order chi connectivity index (χ0) is 22.3. The third kappa shape index (κ3) is 4.40. The SMILES string of the molecule is COc1cc(C)cc(C(OC(=S)SC)[C@@H]2[C@@]3(C)CCCC(C)(C)[C@@H]3CC[C@@]2(C)O)c1. The summed E-state index contributed by atoms with van der Waals surface area (Å²) in [4.78, 5) is 0. The predicted octanol–water partition coefficient (Wildman–Crippen LogP) is 6.70. The summed E-state index contributed by atoms with van der Waals surface area (Å²) in [5, 5.41) is 11.8. The summed E-state index contributed by atoms with van der Waals surface area (Å²) in [7, 11) is 1.69. The third-order valence-electron chi connectivity index (χ3n) is 7.93. The van der Waals surface area contributed by atoms with Gasteiger partial charge in [0.2, 0.25) is 4.38 Å². The second-order valence-electron chi connectivity index (χ2n) is 10.6. The van der Waals surface area contributed by atoms with Gasteiger partial charge in [0.25, 0.3) is 0 Å². The first kappa shape index (κ1) is 23.9. The van der Waals surface area contributed by atoms with Gasteiger partial charge in [0.1, 0.15) is 11.9 Å². The van der Waals surface area contributed by atoms with Crippen LogP contribution in [0, 0.1) is 29.6 Å². The van der Waals surface area contributed by atoms with Crippen LogP contribution in [0.15, 0.2) is 18.2 Å². The highest BCUT2D eigenvalue weighted by molar-refractivity contribution is 8.22. The van der Waals surface area contributed by atoms with Crippen molar-refractivity contribution in [2.45, 2.75) is 78.4 Å². The molecule has 0 spiro atoms. The Morgan fingerprint density at radius 1 is 1.17 bits per heavy atom. The van der Waals surface area contributed by atoms with E-state index in [0.29, 0.717) is 10.3 Å². The van der Waals surface area contributed by atoms with Crippen LogP contribution in [0.5, 0.6) is 5.75 Å². The summed E-state index contributed by atoms with van der Waals surface area (Å²) in [6, 6.07) is 6.24. The molecule has 0 amide bonds. The first-order chi connectivity index (χ1) is 13.9. The zero-order valence-electron chi connectivity index (χ0n) is 19.6. The van der Waals surface area contributed by atoms with Crippen LogP contribution in [0.3, 0.4) is 0 Å². The van der Waals surface area contributed by atoms with Crippen molar-refractivity contribution >= 4 is 28.4 Å². The molecule has 0 bridgehead atoms. The van der Waals surface area contributed by atoms with Crippen molar-refractivity contribution in [3.05, 3.63) is 29.3 Å². The van der Waals surface area contributed by atoms with Crippen molar-refractivity contribution in [1.82, 2.24) is 0 Å². The van der Waals surface area contributed by atoms with E-state index < -0.39 is 5.60 Å². The molecule has 1 N–H and O–H groups in total. The van der Waals surface area contributed by atoms with Gasteiger partial charge in [0.15, 0.2) is 0 Å². The molecule has 3 rings (SSSR count). The average Bonchev–Trinajstić information content (AvgIpc) is 2.64. The number of methoxy groups -OCH3 is 1. The minimum Gasteiger partial charge on any atom is -0.497 e. The van der Waals surface area contributed by atoms with E-state index in [1.165, 1.54) is 24.6 Å². The molecule has 2 fully saturated rings. The van der Waals surface area contributed by atoms with Gasteiger partial charge in [0.05, 0.1) is 12.7 Å². The minimum atomic E-state index is -0.825. The fourth-order valence-corrected chi connectivity index (χ4v) is 7.08.